The van der Waals surface area contributed by atoms with E-state index < -0.39 is 36.0 Å². The summed E-state index contributed by atoms with van der Waals surface area (Å²) in [5.41, 5.74) is 0.955. The number of carbonyl (C=O) groups is 4. The Morgan fingerprint density at radius 1 is 1.04 bits per heavy atom. The van der Waals surface area contributed by atoms with E-state index in [0.717, 1.165) is 36.6 Å². The lowest BCUT2D eigenvalue weighted by molar-refractivity contribution is -0.143. The summed E-state index contributed by atoms with van der Waals surface area (Å²) >= 11 is 0. The topological polar surface area (TPSA) is 74.8 Å². The number of ketones is 1. The van der Waals surface area contributed by atoms with Gasteiger partial charge in [0.05, 0.1) is 12.1 Å². The Balaban J connectivity index is 1.67. The number of urea groups is 1. The summed E-state index contributed by atoms with van der Waals surface area (Å²) in [7, 11) is 0. The molecule has 1 aromatic rings. The second-order valence-corrected chi connectivity index (χ2v) is 6.39. The largest absolute Gasteiger partial charge is 0.334 e. The van der Waals surface area contributed by atoms with Crippen molar-refractivity contribution in [2.24, 2.45) is 0 Å². The fourth-order valence-corrected chi connectivity index (χ4v) is 3.19. The molecule has 2 aliphatic rings. The van der Waals surface area contributed by atoms with Crippen LogP contribution in [0.2, 0.25) is 0 Å². The molecule has 1 aliphatic carbocycles. The number of benzene rings is 1. The summed E-state index contributed by atoms with van der Waals surface area (Å²) in [5.74, 6) is -3.44. The molecule has 136 valence electrons. The number of hydrogen-bond donors (Lipinski definition) is 0. The van der Waals surface area contributed by atoms with Gasteiger partial charge in [0.25, 0.3) is 0 Å². The Hall–Kier alpha value is -2.83. The van der Waals surface area contributed by atoms with Gasteiger partial charge < -0.3 is 0 Å². The van der Waals surface area contributed by atoms with Crippen LogP contribution in [0.3, 0.4) is 0 Å². The molecule has 0 spiro atoms. The zero-order valence-corrected chi connectivity index (χ0v) is 14.2. The van der Waals surface area contributed by atoms with Crippen LogP contribution in [0, 0.1) is 5.82 Å². The Morgan fingerprint density at radius 3 is 2.46 bits per heavy atom. The number of nitrogens with zero attached hydrogens (tertiary/aromatic N) is 2. The lowest BCUT2D eigenvalue weighted by atomic mass is 9.97. The molecule has 6 nitrogen and oxygen atoms in total. The highest BCUT2D eigenvalue weighted by molar-refractivity contribution is 6.45. The first-order chi connectivity index (χ1) is 12.5. The normalized spacial score (nSPS) is 17.7. The third-order valence-corrected chi connectivity index (χ3v) is 4.65. The molecular weight excluding hydrogens is 339 g/mol. The lowest BCUT2D eigenvalue weighted by Gasteiger charge is -2.17. The van der Waals surface area contributed by atoms with E-state index in [9.17, 15) is 23.6 Å². The number of hydrogen-bond acceptors (Lipinski definition) is 4. The van der Waals surface area contributed by atoms with Crippen molar-refractivity contribution < 1.29 is 23.6 Å². The number of allylic oxidation sites excluding steroid dienone is 1. The standard InChI is InChI=1S/C19H19FN2O4/c20-15-9-5-4-8-14(15)16(23)12-22-18(25)17(24)21(19(22)26)11-10-13-6-2-1-3-7-13/h4-6,8-9H,1-3,7,10-12H2. The molecule has 0 bridgehead atoms. The summed E-state index contributed by atoms with van der Waals surface area (Å²) < 4.78 is 13.7. The van der Waals surface area contributed by atoms with E-state index in [0.29, 0.717) is 11.3 Å². The minimum Gasteiger partial charge on any atom is -0.292 e. The molecule has 0 saturated carbocycles. The van der Waals surface area contributed by atoms with Gasteiger partial charge in [0.2, 0.25) is 0 Å². The Bertz CT molecular complexity index is 802. The average molecular weight is 358 g/mol. The predicted molar refractivity (Wildman–Crippen MR) is 90.7 cm³/mol. The van der Waals surface area contributed by atoms with Crippen molar-refractivity contribution in [3.8, 4) is 0 Å². The Kier molecular flexibility index (Phi) is 5.25. The Morgan fingerprint density at radius 2 is 1.77 bits per heavy atom. The number of halogens is 1. The van der Waals surface area contributed by atoms with Gasteiger partial charge in [-0.2, -0.15) is 0 Å². The van der Waals surface area contributed by atoms with Crippen LogP contribution in [0.25, 0.3) is 0 Å². The highest BCUT2D eigenvalue weighted by Crippen LogP contribution is 2.22. The van der Waals surface area contributed by atoms with Gasteiger partial charge in [-0.05, 0) is 44.2 Å². The summed E-state index contributed by atoms with van der Waals surface area (Å²) in [6.07, 6.45) is 6.76. The van der Waals surface area contributed by atoms with Crippen LogP contribution in [-0.2, 0) is 9.59 Å². The van der Waals surface area contributed by atoms with Gasteiger partial charge in [0, 0.05) is 6.54 Å². The van der Waals surface area contributed by atoms with E-state index >= 15 is 0 Å². The SMILES string of the molecule is O=C(CN1C(=O)C(=O)N(CCC2=CCCCC2)C1=O)c1ccccc1F. The Labute approximate surface area is 150 Å². The number of amides is 4. The summed E-state index contributed by atoms with van der Waals surface area (Å²) in [6, 6.07) is 4.50. The van der Waals surface area contributed by atoms with Crippen molar-refractivity contribution in [1.82, 2.24) is 9.80 Å². The first-order valence-electron chi connectivity index (χ1n) is 8.62. The van der Waals surface area contributed by atoms with Gasteiger partial charge >= 0.3 is 17.8 Å². The molecule has 4 amide bonds. The van der Waals surface area contributed by atoms with Gasteiger partial charge in [0.1, 0.15) is 5.82 Å². The molecule has 1 aliphatic heterocycles. The van der Waals surface area contributed by atoms with Crippen molar-refractivity contribution in [1.29, 1.82) is 0 Å². The maximum atomic E-state index is 13.7. The van der Waals surface area contributed by atoms with E-state index in [-0.39, 0.29) is 12.1 Å². The van der Waals surface area contributed by atoms with Crippen LogP contribution >= 0.6 is 0 Å². The predicted octanol–water partition coefficient (Wildman–Crippen LogP) is 2.69. The van der Waals surface area contributed by atoms with Crippen molar-refractivity contribution >= 4 is 23.6 Å². The first kappa shape index (κ1) is 18.0. The van der Waals surface area contributed by atoms with Crippen LogP contribution in [0.4, 0.5) is 9.18 Å². The third kappa shape index (κ3) is 3.56. The molecule has 0 unspecified atom stereocenters. The highest BCUT2D eigenvalue weighted by Gasteiger charge is 2.45. The molecule has 1 saturated heterocycles. The van der Waals surface area contributed by atoms with Crippen molar-refractivity contribution in [2.45, 2.75) is 32.1 Å². The van der Waals surface area contributed by atoms with Gasteiger partial charge in [-0.25, -0.2) is 14.1 Å². The summed E-state index contributed by atoms with van der Waals surface area (Å²) in [6.45, 7) is -0.539. The molecule has 0 N–H and O–H groups in total. The van der Waals surface area contributed by atoms with Gasteiger partial charge in [-0.3, -0.25) is 19.3 Å². The van der Waals surface area contributed by atoms with Gasteiger partial charge in [0.15, 0.2) is 5.78 Å². The van der Waals surface area contributed by atoms with Crippen molar-refractivity contribution in [3.63, 3.8) is 0 Å². The number of Topliss-reactive ketones (excluding diaryl/α,β-unsaturated/α-hetero) is 1. The zero-order chi connectivity index (χ0) is 18.7. The van der Waals surface area contributed by atoms with E-state index in [4.69, 9.17) is 0 Å². The summed E-state index contributed by atoms with van der Waals surface area (Å²) in [4.78, 5) is 50.2. The molecule has 3 rings (SSSR count). The van der Waals surface area contributed by atoms with Crippen molar-refractivity contribution in [3.05, 3.63) is 47.3 Å². The fourth-order valence-electron chi connectivity index (χ4n) is 3.19. The molecule has 0 radical (unpaired) electrons. The lowest BCUT2D eigenvalue weighted by Crippen LogP contribution is -2.37. The highest BCUT2D eigenvalue weighted by atomic mass is 19.1. The number of carbonyl (C=O) groups excluding carboxylic acids is 4. The number of imide groups is 2. The first-order valence-corrected chi connectivity index (χ1v) is 8.62. The molecule has 0 atom stereocenters. The van der Waals surface area contributed by atoms with Crippen LogP contribution in [0.1, 0.15) is 42.5 Å². The van der Waals surface area contributed by atoms with Gasteiger partial charge in [-0.15, -0.1) is 0 Å². The second kappa shape index (κ2) is 7.59. The quantitative estimate of drug-likeness (QED) is 0.339. The minimum atomic E-state index is -1.04. The number of rotatable bonds is 6. The van der Waals surface area contributed by atoms with Crippen LogP contribution in [0.5, 0.6) is 0 Å². The second-order valence-electron chi connectivity index (χ2n) is 6.39. The van der Waals surface area contributed by atoms with E-state index in [1.54, 1.807) is 0 Å². The molecular formula is C19H19FN2O4. The third-order valence-electron chi connectivity index (χ3n) is 4.65. The zero-order valence-electron chi connectivity index (χ0n) is 14.2. The van der Waals surface area contributed by atoms with E-state index in [2.05, 4.69) is 6.08 Å². The van der Waals surface area contributed by atoms with E-state index in [1.165, 1.54) is 23.8 Å². The minimum absolute atomic E-state index is 0.111. The molecule has 26 heavy (non-hydrogen) atoms. The maximum absolute atomic E-state index is 13.7. The molecule has 1 heterocycles. The monoisotopic (exact) mass is 358 g/mol. The van der Waals surface area contributed by atoms with Crippen LogP contribution in [-0.4, -0.2) is 46.5 Å². The maximum Gasteiger partial charge on any atom is 0.334 e. The molecule has 7 heteroatoms. The van der Waals surface area contributed by atoms with E-state index in [1.807, 2.05) is 0 Å². The van der Waals surface area contributed by atoms with Crippen LogP contribution in [0.15, 0.2) is 35.9 Å². The fraction of sp³-hybridized carbons (Fsp3) is 0.368. The average Bonchev–Trinajstić information content (AvgIpc) is 2.84. The molecule has 1 fully saturated rings. The van der Waals surface area contributed by atoms with Crippen LogP contribution < -0.4 is 0 Å². The van der Waals surface area contributed by atoms with Crippen molar-refractivity contribution in [2.75, 3.05) is 13.1 Å². The smallest absolute Gasteiger partial charge is 0.292 e. The summed E-state index contributed by atoms with van der Waals surface area (Å²) in [5, 5.41) is 0. The molecule has 0 aromatic heterocycles. The van der Waals surface area contributed by atoms with Gasteiger partial charge in [-0.1, -0.05) is 23.8 Å². The molecule has 1 aromatic carbocycles.